The molecule has 1 aliphatic carbocycles. The molecule has 6 nitrogen and oxygen atoms in total. The van der Waals surface area contributed by atoms with Gasteiger partial charge in [0.2, 0.25) is 0 Å². The summed E-state index contributed by atoms with van der Waals surface area (Å²) in [6.45, 7) is 9.34. The fraction of sp³-hybridized carbons (Fsp3) is 0.419. The van der Waals surface area contributed by atoms with Crippen molar-refractivity contribution in [2.75, 3.05) is 13.2 Å². The molecule has 37 heavy (non-hydrogen) atoms. The van der Waals surface area contributed by atoms with Crippen molar-refractivity contribution in [1.29, 1.82) is 0 Å². The number of pyridine rings is 1. The second kappa shape index (κ2) is 13.3. The van der Waals surface area contributed by atoms with Crippen LogP contribution in [0.4, 0.5) is 0 Å². The molecule has 194 valence electrons. The van der Waals surface area contributed by atoms with Gasteiger partial charge in [0.05, 0.1) is 17.5 Å². The van der Waals surface area contributed by atoms with Crippen LogP contribution in [0.25, 0.3) is 23.2 Å². The summed E-state index contributed by atoms with van der Waals surface area (Å²) in [5, 5.41) is 15.7. The van der Waals surface area contributed by atoms with Gasteiger partial charge in [-0.1, -0.05) is 30.7 Å². The summed E-state index contributed by atoms with van der Waals surface area (Å²) >= 11 is 0. The van der Waals surface area contributed by atoms with Gasteiger partial charge in [-0.3, -0.25) is 0 Å². The Labute approximate surface area is 220 Å². The Morgan fingerprint density at radius 2 is 2.08 bits per heavy atom. The van der Waals surface area contributed by atoms with Crippen molar-refractivity contribution in [3.63, 3.8) is 0 Å². The molecule has 3 aromatic rings. The van der Waals surface area contributed by atoms with Crippen LogP contribution in [0.1, 0.15) is 67.8 Å². The first-order chi connectivity index (χ1) is 18.1. The van der Waals surface area contributed by atoms with E-state index in [0.29, 0.717) is 6.42 Å². The second-order valence-corrected chi connectivity index (χ2v) is 9.80. The van der Waals surface area contributed by atoms with Gasteiger partial charge in [0.15, 0.2) is 5.82 Å². The van der Waals surface area contributed by atoms with Gasteiger partial charge in [-0.05, 0) is 92.8 Å². The van der Waals surface area contributed by atoms with Gasteiger partial charge in [0.25, 0.3) is 12.9 Å². The molecule has 0 spiro atoms. The minimum atomic E-state index is -0.469. The van der Waals surface area contributed by atoms with Gasteiger partial charge in [-0.15, -0.1) is 4.67 Å². The lowest BCUT2D eigenvalue weighted by molar-refractivity contribution is 0.131. The highest BCUT2D eigenvalue weighted by atomic mass is 16.5. The zero-order valence-electron chi connectivity index (χ0n) is 22.2. The molecule has 1 aromatic carbocycles. The lowest BCUT2D eigenvalue weighted by Gasteiger charge is -2.13. The number of unbranched alkanes of at least 4 members (excludes halogenated alkanes) is 2. The van der Waals surface area contributed by atoms with Crippen molar-refractivity contribution in [3.05, 3.63) is 70.6 Å². The van der Waals surface area contributed by atoms with Crippen molar-refractivity contribution in [2.45, 2.75) is 71.3 Å². The summed E-state index contributed by atoms with van der Waals surface area (Å²) in [5.41, 5.74) is 7.75. The number of fused-ring (bicyclic) bond motifs is 1. The number of hydrogen-bond donors (Lipinski definition) is 1. The smallest absolute Gasteiger partial charge is 0.268 e. The van der Waals surface area contributed by atoms with Crippen LogP contribution >= 0.6 is 0 Å². The average molecular weight is 500 g/mol. The normalized spacial score (nSPS) is 13.2. The van der Waals surface area contributed by atoms with Gasteiger partial charge >= 0.3 is 0 Å². The summed E-state index contributed by atoms with van der Waals surface area (Å²) in [4.78, 5) is 4.98. The van der Waals surface area contributed by atoms with Gasteiger partial charge in [-0.2, -0.15) is 5.10 Å². The third-order valence-electron chi connectivity index (χ3n) is 6.78. The highest BCUT2D eigenvalue weighted by Crippen LogP contribution is 2.32. The van der Waals surface area contributed by atoms with Crippen molar-refractivity contribution >= 4 is 19.0 Å². The largest absolute Gasteiger partial charge is 0.389 e. The van der Waals surface area contributed by atoms with Crippen LogP contribution in [0.3, 0.4) is 0 Å². The van der Waals surface area contributed by atoms with Crippen LogP contribution in [0.15, 0.2) is 48.2 Å². The Kier molecular flexibility index (Phi) is 9.61. The predicted molar refractivity (Wildman–Crippen MR) is 152 cm³/mol. The maximum atomic E-state index is 10.9. The van der Waals surface area contributed by atoms with Gasteiger partial charge in [-0.25, -0.2) is 9.67 Å². The van der Waals surface area contributed by atoms with E-state index in [1.165, 1.54) is 16.7 Å². The first kappa shape index (κ1) is 26.7. The van der Waals surface area contributed by atoms with E-state index in [9.17, 15) is 5.11 Å². The highest BCUT2D eigenvalue weighted by molar-refractivity contribution is 5.65. The quantitative estimate of drug-likeness (QED) is 0.186. The summed E-state index contributed by atoms with van der Waals surface area (Å²) in [6, 6.07) is 12.6. The van der Waals surface area contributed by atoms with Gasteiger partial charge in [0, 0.05) is 31.4 Å². The summed E-state index contributed by atoms with van der Waals surface area (Å²) in [5.74, 6) is 0.813. The Balaban J connectivity index is 1.56. The first-order valence-electron chi connectivity index (χ1n) is 13.5. The number of aliphatic hydroxyl groups is 1. The lowest BCUT2D eigenvalue weighted by Crippen LogP contribution is -2.11. The van der Waals surface area contributed by atoms with Crippen LogP contribution < -0.4 is 4.67 Å². The number of hydrogen-bond acceptors (Lipinski definition) is 4. The topological polar surface area (TPSA) is 74.3 Å². The molecule has 2 aromatic heterocycles. The zero-order chi connectivity index (χ0) is 26.0. The van der Waals surface area contributed by atoms with E-state index in [-0.39, 0.29) is 0 Å². The number of rotatable bonds is 14. The summed E-state index contributed by atoms with van der Waals surface area (Å²) in [6.07, 6.45) is 12.7. The van der Waals surface area contributed by atoms with E-state index in [4.69, 9.17) is 14.8 Å². The van der Waals surface area contributed by atoms with Crippen LogP contribution in [0.5, 0.6) is 0 Å². The molecule has 4 rings (SSSR count). The molecule has 0 aliphatic heterocycles. The number of benzene rings is 1. The van der Waals surface area contributed by atoms with Crippen molar-refractivity contribution in [3.8, 4) is 17.1 Å². The minimum absolute atomic E-state index is 0.469. The van der Waals surface area contributed by atoms with Crippen molar-refractivity contribution in [2.24, 2.45) is 0 Å². The monoisotopic (exact) mass is 499 g/mol. The third kappa shape index (κ3) is 7.14. The Morgan fingerprint density at radius 1 is 1.19 bits per heavy atom. The molecular formula is C31H39N4O2+. The molecule has 1 unspecified atom stereocenters. The fourth-order valence-electron chi connectivity index (χ4n) is 4.79. The third-order valence-corrected chi connectivity index (χ3v) is 6.78. The predicted octanol–water partition coefficient (Wildman–Crippen LogP) is 5.30. The molecular weight excluding hydrogens is 460 g/mol. The molecule has 0 amide bonds. The van der Waals surface area contributed by atoms with Crippen LogP contribution in [0.2, 0.25) is 0 Å². The maximum Gasteiger partial charge on any atom is 0.268 e. The maximum absolute atomic E-state index is 10.9. The molecule has 0 radical (unpaired) electrons. The van der Waals surface area contributed by atoms with Crippen LogP contribution in [-0.2, 0) is 17.6 Å². The summed E-state index contributed by atoms with van der Waals surface area (Å²) in [7, 11) is 0. The van der Waals surface area contributed by atoms with E-state index in [2.05, 4.69) is 61.6 Å². The zero-order valence-corrected chi connectivity index (χ0v) is 22.2. The fourth-order valence-corrected chi connectivity index (χ4v) is 4.79. The standard InChI is InChI=1S/C31H39N4O2/c1-4-17-37-18-8-6-11-24-22-31(35-16-14-28(34-35)25-12-9-10-23(2)19-25)33-29-21-26(20-27(24)29)30(36)13-5-7-15-32-3/h9-10,12,14-16,19,21-22,30,36H,3-8,11,13,17-18,20H2,1-2H3/q+1. The number of aliphatic hydroxyl groups excluding tert-OH is 1. The SMILES string of the molecule is C=[N+]=CCCCC(O)C1=Cc2nc(-n3ccc(-c4cccc(C)c4)n3)cc(CCCCOCCC)c2C1. The van der Waals surface area contributed by atoms with E-state index in [1.54, 1.807) is 6.21 Å². The highest BCUT2D eigenvalue weighted by Gasteiger charge is 2.23. The molecule has 1 atom stereocenters. The Bertz CT molecular complexity index is 1270. The molecule has 6 heteroatoms. The molecule has 2 heterocycles. The van der Waals surface area contributed by atoms with Crippen molar-refractivity contribution in [1.82, 2.24) is 19.4 Å². The average Bonchev–Trinajstić information content (AvgIpc) is 3.56. The van der Waals surface area contributed by atoms with E-state index < -0.39 is 6.10 Å². The number of aromatic nitrogens is 3. The minimum Gasteiger partial charge on any atom is -0.389 e. The Morgan fingerprint density at radius 3 is 2.89 bits per heavy atom. The molecule has 0 fully saturated rings. The second-order valence-electron chi connectivity index (χ2n) is 9.80. The molecule has 0 saturated heterocycles. The van der Waals surface area contributed by atoms with Gasteiger partial charge < -0.3 is 9.84 Å². The lowest BCUT2D eigenvalue weighted by atomic mass is 9.97. The number of ether oxygens (including phenoxy) is 1. The van der Waals surface area contributed by atoms with Gasteiger partial charge in [0.1, 0.15) is 0 Å². The molecule has 0 bridgehead atoms. The molecule has 0 saturated carbocycles. The molecule has 1 N–H and O–H groups in total. The first-order valence-corrected chi connectivity index (χ1v) is 13.5. The number of aryl methyl sites for hydroxylation is 2. The molecule has 1 aliphatic rings. The summed E-state index contributed by atoms with van der Waals surface area (Å²) < 4.78 is 11.3. The number of nitrogens with zero attached hydrogens (tertiary/aromatic N) is 4. The van der Waals surface area contributed by atoms with E-state index >= 15 is 0 Å². The Hall–Kier alpha value is -3.31. The van der Waals surface area contributed by atoms with E-state index in [1.807, 2.05) is 16.9 Å². The van der Waals surface area contributed by atoms with E-state index in [0.717, 1.165) is 86.5 Å². The van der Waals surface area contributed by atoms with Crippen molar-refractivity contribution < 1.29 is 9.84 Å². The van der Waals surface area contributed by atoms with Crippen LogP contribution in [-0.4, -0.2) is 52.1 Å². The van der Waals surface area contributed by atoms with Crippen LogP contribution in [0, 0.1) is 6.92 Å².